The van der Waals surface area contributed by atoms with Crippen LogP contribution in [0.5, 0.6) is 0 Å². The van der Waals surface area contributed by atoms with Crippen molar-refractivity contribution in [2.45, 2.75) is 43.5 Å². The standard InChI is InChI=1S/C26H23FN4O4S/c1-26(2)11-17-21(19(32)12-26)20(15-8-4-6-10-18(15)31(34)35)22-23(28-17)29-25(30-24(22)33)36-13-14-7-3-5-9-16(14)27/h3-10,20H,11-13H2,1-2H3,(H2,28,29,30,33)/t20-/m0/s1. The summed E-state index contributed by atoms with van der Waals surface area (Å²) in [5.41, 5.74) is 0.893. The Morgan fingerprint density at radius 2 is 1.86 bits per heavy atom. The lowest BCUT2D eigenvalue weighted by atomic mass is 9.69. The van der Waals surface area contributed by atoms with Crippen LogP contribution < -0.4 is 10.9 Å². The van der Waals surface area contributed by atoms with E-state index in [2.05, 4.69) is 15.3 Å². The number of ketones is 1. The van der Waals surface area contributed by atoms with Gasteiger partial charge >= 0.3 is 0 Å². The van der Waals surface area contributed by atoms with E-state index in [1.54, 1.807) is 36.4 Å². The number of nitrogens with one attached hydrogen (secondary N) is 2. The number of carbonyl (C=O) groups is 1. The Morgan fingerprint density at radius 1 is 1.14 bits per heavy atom. The fourth-order valence-electron chi connectivity index (χ4n) is 4.93. The molecule has 0 bridgehead atoms. The molecule has 10 heteroatoms. The summed E-state index contributed by atoms with van der Waals surface area (Å²) in [6.07, 6.45) is 0.790. The number of anilines is 1. The topological polar surface area (TPSA) is 118 Å². The smallest absolute Gasteiger partial charge is 0.273 e. The van der Waals surface area contributed by atoms with Crippen molar-refractivity contribution in [3.63, 3.8) is 0 Å². The zero-order valence-corrected chi connectivity index (χ0v) is 20.4. The largest absolute Gasteiger partial charge is 0.343 e. The number of Topliss-reactive ketones (excluding diaryl/α,β-unsaturated/α-hetero) is 1. The summed E-state index contributed by atoms with van der Waals surface area (Å²) in [5, 5.41) is 15.3. The summed E-state index contributed by atoms with van der Waals surface area (Å²) in [5.74, 6) is -0.926. The Bertz CT molecular complexity index is 1500. The first kappa shape index (κ1) is 23.9. The van der Waals surface area contributed by atoms with E-state index < -0.39 is 16.4 Å². The number of carbonyl (C=O) groups excluding carboxylic acids is 1. The maximum Gasteiger partial charge on any atom is 0.273 e. The summed E-state index contributed by atoms with van der Waals surface area (Å²) in [6.45, 7) is 3.96. The number of aromatic nitrogens is 2. The van der Waals surface area contributed by atoms with E-state index >= 15 is 0 Å². The summed E-state index contributed by atoms with van der Waals surface area (Å²) >= 11 is 1.17. The van der Waals surface area contributed by atoms with E-state index in [1.807, 2.05) is 13.8 Å². The third kappa shape index (κ3) is 4.32. The van der Waals surface area contributed by atoms with E-state index in [9.17, 15) is 24.1 Å². The summed E-state index contributed by atoms with van der Waals surface area (Å²) < 4.78 is 14.1. The minimum Gasteiger partial charge on any atom is -0.343 e. The Morgan fingerprint density at radius 3 is 2.61 bits per heavy atom. The first-order valence-electron chi connectivity index (χ1n) is 11.4. The van der Waals surface area contributed by atoms with Crippen molar-refractivity contribution >= 4 is 29.1 Å². The molecule has 0 unspecified atom stereocenters. The molecule has 1 atom stereocenters. The van der Waals surface area contributed by atoms with Crippen LogP contribution in [0.2, 0.25) is 0 Å². The van der Waals surface area contributed by atoms with Crippen molar-refractivity contribution in [3.8, 4) is 0 Å². The molecule has 184 valence electrons. The maximum atomic E-state index is 14.1. The van der Waals surface area contributed by atoms with Crippen molar-refractivity contribution in [1.82, 2.24) is 9.97 Å². The first-order valence-corrected chi connectivity index (χ1v) is 12.4. The molecule has 2 N–H and O–H groups in total. The molecule has 1 aromatic heterocycles. The number of benzene rings is 2. The van der Waals surface area contributed by atoms with E-state index in [0.717, 1.165) is 0 Å². The molecular formula is C26H23FN4O4S. The molecule has 8 nitrogen and oxygen atoms in total. The van der Waals surface area contributed by atoms with Crippen LogP contribution >= 0.6 is 11.8 Å². The molecule has 2 heterocycles. The number of aromatic amines is 1. The molecule has 36 heavy (non-hydrogen) atoms. The predicted molar refractivity (Wildman–Crippen MR) is 134 cm³/mol. The molecule has 0 fully saturated rings. The Kier molecular flexibility index (Phi) is 5.99. The molecule has 0 amide bonds. The monoisotopic (exact) mass is 506 g/mol. The lowest BCUT2D eigenvalue weighted by Gasteiger charge is -2.38. The van der Waals surface area contributed by atoms with Crippen molar-refractivity contribution in [2.75, 3.05) is 5.32 Å². The normalized spacial score (nSPS) is 18.3. The third-order valence-corrected chi connectivity index (χ3v) is 7.39. The second-order valence-electron chi connectivity index (χ2n) is 9.72. The van der Waals surface area contributed by atoms with Gasteiger partial charge in [-0.1, -0.05) is 62.0 Å². The van der Waals surface area contributed by atoms with Crippen LogP contribution in [-0.4, -0.2) is 20.7 Å². The number of nitro benzene ring substituents is 1. The van der Waals surface area contributed by atoms with E-state index in [-0.39, 0.29) is 57.0 Å². The predicted octanol–water partition coefficient (Wildman–Crippen LogP) is 5.31. The highest BCUT2D eigenvalue weighted by atomic mass is 32.2. The summed E-state index contributed by atoms with van der Waals surface area (Å²) in [6, 6.07) is 12.5. The van der Waals surface area contributed by atoms with Crippen LogP contribution in [0.25, 0.3) is 0 Å². The second kappa shape index (κ2) is 9.02. The average Bonchev–Trinajstić information content (AvgIpc) is 2.81. The molecule has 2 aliphatic rings. The van der Waals surface area contributed by atoms with Gasteiger partial charge < -0.3 is 10.3 Å². The van der Waals surface area contributed by atoms with Crippen molar-refractivity contribution in [2.24, 2.45) is 5.41 Å². The number of allylic oxidation sites excluding steroid dienone is 2. The Balaban J connectivity index is 1.64. The first-order chi connectivity index (χ1) is 17.1. The number of hydrogen-bond acceptors (Lipinski definition) is 7. The summed E-state index contributed by atoms with van der Waals surface area (Å²) in [4.78, 5) is 45.4. The zero-order chi connectivity index (χ0) is 25.6. The molecular weight excluding hydrogens is 483 g/mol. The van der Waals surface area contributed by atoms with Gasteiger partial charge in [-0.15, -0.1) is 0 Å². The Hall–Kier alpha value is -3.79. The van der Waals surface area contributed by atoms with Crippen LogP contribution in [0, 0.1) is 21.3 Å². The molecule has 0 saturated heterocycles. The molecule has 1 aliphatic heterocycles. The highest BCUT2D eigenvalue weighted by molar-refractivity contribution is 7.98. The lowest BCUT2D eigenvalue weighted by Crippen LogP contribution is -2.37. The van der Waals surface area contributed by atoms with Crippen molar-refractivity contribution in [3.05, 3.63) is 103 Å². The van der Waals surface area contributed by atoms with Gasteiger partial charge in [-0.05, 0) is 23.5 Å². The molecule has 2 aromatic carbocycles. The van der Waals surface area contributed by atoms with Crippen LogP contribution in [-0.2, 0) is 10.5 Å². The second-order valence-corrected chi connectivity index (χ2v) is 10.7. The Labute approximate surface area is 210 Å². The number of thioether (sulfide) groups is 1. The van der Waals surface area contributed by atoms with Gasteiger partial charge in [-0.2, -0.15) is 0 Å². The highest BCUT2D eigenvalue weighted by Gasteiger charge is 2.44. The van der Waals surface area contributed by atoms with Gasteiger partial charge in [-0.3, -0.25) is 19.7 Å². The van der Waals surface area contributed by atoms with E-state index in [1.165, 1.54) is 23.9 Å². The highest BCUT2D eigenvalue weighted by Crippen LogP contribution is 2.49. The maximum absolute atomic E-state index is 14.1. The zero-order valence-electron chi connectivity index (χ0n) is 19.6. The molecule has 3 aromatic rings. The van der Waals surface area contributed by atoms with Gasteiger partial charge in [0.15, 0.2) is 10.9 Å². The van der Waals surface area contributed by atoms with Gasteiger partial charge in [0, 0.05) is 35.1 Å². The number of nitrogens with zero attached hydrogens (tertiary/aromatic N) is 2. The van der Waals surface area contributed by atoms with Crippen LogP contribution in [0.4, 0.5) is 15.9 Å². The van der Waals surface area contributed by atoms with Gasteiger partial charge in [0.2, 0.25) is 0 Å². The fraction of sp³-hybridized carbons (Fsp3) is 0.269. The minimum absolute atomic E-state index is 0.153. The minimum atomic E-state index is -0.927. The number of fused-ring (bicyclic) bond motifs is 1. The number of hydrogen-bond donors (Lipinski definition) is 2. The lowest BCUT2D eigenvalue weighted by molar-refractivity contribution is -0.385. The SMILES string of the molecule is CC1(C)CC(=O)C2=C(C1)Nc1nc(SCc3ccccc3F)[nH]c(=O)c1[C@H]2c1ccccc1[N+](=O)[O-]. The van der Waals surface area contributed by atoms with Gasteiger partial charge in [0.25, 0.3) is 11.2 Å². The number of H-pyrrole nitrogens is 1. The number of nitro groups is 1. The molecule has 5 rings (SSSR count). The van der Waals surface area contributed by atoms with Crippen molar-refractivity contribution in [1.29, 1.82) is 0 Å². The number of para-hydroxylation sites is 1. The van der Waals surface area contributed by atoms with Crippen LogP contribution in [0.15, 0.2) is 69.8 Å². The third-order valence-electron chi connectivity index (χ3n) is 6.47. The van der Waals surface area contributed by atoms with Gasteiger partial charge in [0.1, 0.15) is 11.6 Å². The van der Waals surface area contributed by atoms with Crippen LogP contribution in [0.3, 0.4) is 0 Å². The average molecular weight is 507 g/mol. The van der Waals surface area contributed by atoms with Crippen molar-refractivity contribution < 1.29 is 14.1 Å². The van der Waals surface area contributed by atoms with Crippen LogP contribution in [0.1, 0.15) is 49.3 Å². The van der Waals surface area contributed by atoms with E-state index in [4.69, 9.17) is 0 Å². The molecule has 0 saturated carbocycles. The quantitative estimate of drug-likeness (QED) is 0.208. The fourth-order valence-corrected chi connectivity index (χ4v) is 5.78. The molecule has 1 aliphatic carbocycles. The van der Waals surface area contributed by atoms with Gasteiger partial charge in [0.05, 0.1) is 16.4 Å². The van der Waals surface area contributed by atoms with Gasteiger partial charge in [-0.25, -0.2) is 9.37 Å². The number of halogens is 1. The molecule has 0 radical (unpaired) electrons. The number of rotatable bonds is 5. The summed E-state index contributed by atoms with van der Waals surface area (Å²) in [7, 11) is 0. The van der Waals surface area contributed by atoms with E-state index in [0.29, 0.717) is 23.3 Å². The molecule has 0 spiro atoms.